The summed E-state index contributed by atoms with van der Waals surface area (Å²) < 4.78 is 5.28. The molecule has 0 spiro atoms. The van der Waals surface area contributed by atoms with E-state index >= 15 is 0 Å². The minimum absolute atomic E-state index is 0.306. The minimum Gasteiger partial charge on any atom is -0.480 e. The van der Waals surface area contributed by atoms with Gasteiger partial charge in [-0.05, 0) is 19.1 Å². The lowest BCUT2D eigenvalue weighted by molar-refractivity contribution is -0.140. The fourth-order valence-corrected chi connectivity index (χ4v) is 4.10. The molecule has 0 saturated carbocycles. The average molecular weight is 324 g/mol. The van der Waals surface area contributed by atoms with Gasteiger partial charge in [0.2, 0.25) is 0 Å². The van der Waals surface area contributed by atoms with Crippen LogP contribution in [0.4, 0.5) is 0 Å². The molecule has 2 aromatic rings. The van der Waals surface area contributed by atoms with Crippen LogP contribution in [0.15, 0.2) is 22.8 Å². The molecule has 0 aromatic carbocycles. The summed E-state index contributed by atoms with van der Waals surface area (Å²) in [5.41, 5.74) is 0.306. The fourth-order valence-electron chi connectivity index (χ4n) is 2.08. The summed E-state index contributed by atoms with van der Waals surface area (Å²) in [6.07, 6.45) is 1.55. The Kier molecular flexibility index (Phi) is 3.73. The third-order valence-corrected chi connectivity index (χ3v) is 5.16. The Morgan fingerprint density at radius 1 is 1.52 bits per heavy atom. The summed E-state index contributed by atoms with van der Waals surface area (Å²) in [5.74, 6) is 0.0807. The van der Waals surface area contributed by atoms with E-state index in [1.807, 2.05) is 0 Å². The van der Waals surface area contributed by atoms with Crippen LogP contribution in [0.2, 0.25) is 0 Å². The fraction of sp³-hybridized carbons (Fsp3) is 0.308. The van der Waals surface area contributed by atoms with E-state index in [0.29, 0.717) is 28.1 Å². The van der Waals surface area contributed by atoms with Crippen LogP contribution in [0.1, 0.15) is 15.4 Å². The Bertz CT molecular complexity index is 680. The monoisotopic (exact) mass is 324 g/mol. The molecule has 1 unspecified atom stereocenters. The van der Waals surface area contributed by atoms with Crippen LogP contribution in [-0.4, -0.2) is 44.5 Å². The lowest BCUT2D eigenvalue weighted by atomic mass is 10.2. The van der Waals surface area contributed by atoms with Gasteiger partial charge in [-0.1, -0.05) is 0 Å². The van der Waals surface area contributed by atoms with Crippen molar-refractivity contribution in [3.8, 4) is 10.8 Å². The zero-order valence-corrected chi connectivity index (χ0v) is 12.7. The van der Waals surface area contributed by atoms with Crippen molar-refractivity contribution in [1.82, 2.24) is 9.88 Å². The molecular weight excluding hydrogens is 312 g/mol. The van der Waals surface area contributed by atoms with Gasteiger partial charge in [0.25, 0.3) is 5.91 Å². The molecule has 2 aromatic heterocycles. The van der Waals surface area contributed by atoms with Crippen LogP contribution >= 0.6 is 23.1 Å². The average Bonchev–Trinajstić information content (AvgIpc) is 3.18. The zero-order chi connectivity index (χ0) is 15.0. The van der Waals surface area contributed by atoms with E-state index in [4.69, 9.17) is 9.52 Å². The third-order valence-electron chi connectivity index (χ3n) is 3.16. The van der Waals surface area contributed by atoms with Crippen molar-refractivity contribution in [2.75, 3.05) is 11.6 Å². The molecule has 110 valence electrons. The molecule has 1 fully saturated rings. The van der Waals surface area contributed by atoms with Crippen LogP contribution in [0.5, 0.6) is 0 Å². The van der Waals surface area contributed by atoms with Crippen molar-refractivity contribution in [2.24, 2.45) is 0 Å². The zero-order valence-electron chi connectivity index (χ0n) is 11.1. The molecule has 0 radical (unpaired) electrons. The van der Waals surface area contributed by atoms with E-state index in [0.717, 1.165) is 4.88 Å². The Labute approximate surface area is 128 Å². The standard InChI is InChI=1S/C13H12N2O4S2/c1-7-10(14-11(21-7)9-3-2-4-19-9)12(16)15-6-20-5-8(15)13(17)18/h2-4,8H,5-6H2,1H3,(H,17,18). The molecule has 0 bridgehead atoms. The number of carboxylic acids is 1. The molecule has 1 amide bonds. The predicted octanol–water partition coefficient (Wildman–Crippen LogP) is 2.31. The smallest absolute Gasteiger partial charge is 0.327 e. The Morgan fingerprint density at radius 2 is 2.33 bits per heavy atom. The third kappa shape index (κ3) is 2.56. The number of thiazole rings is 1. The molecular formula is C13H12N2O4S2. The first-order chi connectivity index (χ1) is 10.1. The lowest BCUT2D eigenvalue weighted by Gasteiger charge is -2.19. The highest BCUT2D eigenvalue weighted by molar-refractivity contribution is 7.99. The number of aromatic nitrogens is 1. The number of aliphatic carboxylic acids is 1. The van der Waals surface area contributed by atoms with Crippen LogP contribution in [0.3, 0.4) is 0 Å². The van der Waals surface area contributed by atoms with Crippen LogP contribution in [0.25, 0.3) is 10.8 Å². The number of carbonyl (C=O) groups is 2. The number of carbonyl (C=O) groups excluding carboxylic acids is 1. The predicted molar refractivity (Wildman–Crippen MR) is 79.5 cm³/mol. The summed E-state index contributed by atoms with van der Waals surface area (Å²) in [6, 6.07) is 2.75. The van der Waals surface area contributed by atoms with E-state index in [2.05, 4.69) is 4.98 Å². The van der Waals surface area contributed by atoms with Crippen molar-refractivity contribution in [3.05, 3.63) is 29.0 Å². The maximum Gasteiger partial charge on any atom is 0.327 e. The van der Waals surface area contributed by atoms with Gasteiger partial charge in [-0.25, -0.2) is 9.78 Å². The van der Waals surface area contributed by atoms with Gasteiger partial charge in [-0.3, -0.25) is 4.79 Å². The quantitative estimate of drug-likeness (QED) is 0.933. The van der Waals surface area contributed by atoms with Crippen LogP contribution in [-0.2, 0) is 4.79 Å². The van der Waals surface area contributed by atoms with Crippen LogP contribution in [0, 0.1) is 6.92 Å². The van der Waals surface area contributed by atoms with E-state index in [1.54, 1.807) is 25.3 Å². The van der Waals surface area contributed by atoms with E-state index in [9.17, 15) is 9.59 Å². The topological polar surface area (TPSA) is 83.6 Å². The molecule has 1 aliphatic heterocycles. The van der Waals surface area contributed by atoms with Gasteiger partial charge < -0.3 is 14.4 Å². The normalized spacial score (nSPS) is 18.1. The highest BCUT2D eigenvalue weighted by Crippen LogP contribution is 2.30. The molecule has 1 atom stereocenters. The van der Waals surface area contributed by atoms with Crippen molar-refractivity contribution in [1.29, 1.82) is 0 Å². The highest BCUT2D eigenvalue weighted by atomic mass is 32.2. The van der Waals surface area contributed by atoms with Crippen molar-refractivity contribution in [3.63, 3.8) is 0 Å². The number of nitrogens with zero attached hydrogens (tertiary/aromatic N) is 2. The number of furan rings is 1. The summed E-state index contributed by atoms with van der Waals surface area (Å²) >= 11 is 2.80. The van der Waals surface area contributed by atoms with Gasteiger partial charge in [0.1, 0.15) is 11.7 Å². The summed E-state index contributed by atoms with van der Waals surface area (Å²) in [4.78, 5) is 30.2. The summed E-state index contributed by atoms with van der Waals surface area (Å²) in [7, 11) is 0. The van der Waals surface area contributed by atoms with Gasteiger partial charge in [-0.2, -0.15) is 0 Å². The van der Waals surface area contributed by atoms with Crippen molar-refractivity contribution >= 4 is 35.0 Å². The number of aryl methyl sites for hydroxylation is 1. The van der Waals surface area contributed by atoms with Crippen molar-refractivity contribution < 1.29 is 19.1 Å². The minimum atomic E-state index is -0.979. The Balaban J connectivity index is 1.90. The molecule has 3 heterocycles. The molecule has 21 heavy (non-hydrogen) atoms. The molecule has 1 aliphatic rings. The van der Waals surface area contributed by atoms with E-state index in [1.165, 1.54) is 28.0 Å². The SMILES string of the molecule is Cc1sc(-c2ccco2)nc1C(=O)N1CSCC1C(=O)O. The first-order valence-electron chi connectivity index (χ1n) is 6.20. The summed E-state index contributed by atoms with van der Waals surface area (Å²) in [5, 5.41) is 9.79. The highest BCUT2D eigenvalue weighted by Gasteiger charge is 2.36. The number of thioether (sulfide) groups is 1. The number of amides is 1. The molecule has 0 aliphatic carbocycles. The number of hydrogen-bond acceptors (Lipinski definition) is 6. The second-order valence-corrected chi connectivity index (χ2v) is 6.73. The van der Waals surface area contributed by atoms with Crippen LogP contribution < -0.4 is 0 Å². The number of rotatable bonds is 3. The largest absolute Gasteiger partial charge is 0.480 e. The first kappa shape index (κ1) is 14.2. The maximum absolute atomic E-state index is 12.5. The van der Waals surface area contributed by atoms with Gasteiger partial charge in [0.15, 0.2) is 10.8 Å². The lowest BCUT2D eigenvalue weighted by Crippen LogP contribution is -2.42. The van der Waals surface area contributed by atoms with Gasteiger partial charge in [0, 0.05) is 10.6 Å². The van der Waals surface area contributed by atoms with Gasteiger partial charge >= 0.3 is 5.97 Å². The Hall–Kier alpha value is -1.80. The molecule has 3 rings (SSSR count). The number of carboxylic acid groups (broad SMARTS) is 1. The van der Waals surface area contributed by atoms with Gasteiger partial charge in [0.05, 0.1) is 12.1 Å². The number of hydrogen-bond donors (Lipinski definition) is 1. The van der Waals surface area contributed by atoms with Gasteiger partial charge in [-0.15, -0.1) is 23.1 Å². The van der Waals surface area contributed by atoms with E-state index < -0.39 is 12.0 Å². The molecule has 1 saturated heterocycles. The second kappa shape index (κ2) is 5.53. The molecule has 1 N–H and O–H groups in total. The molecule has 8 heteroatoms. The first-order valence-corrected chi connectivity index (χ1v) is 8.18. The second-order valence-electron chi connectivity index (χ2n) is 4.53. The Morgan fingerprint density at radius 3 is 3.00 bits per heavy atom. The molecule has 6 nitrogen and oxygen atoms in total. The summed E-state index contributed by atoms with van der Waals surface area (Å²) in [6.45, 7) is 1.80. The maximum atomic E-state index is 12.5. The van der Waals surface area contributed by atoms with Crippen molar-refractivity contribution in [2.45, 2.75) is 13.0 Å². The van der Waals surface area contributed by atoms with E-state index in [-0.39, 0.29) is 5.91 Å².